The van der Waals surface area contributed by atoms with Crippen LogP contribution in [-0.4, -0.2) is 51.8 Å². The summed E-state index contributed by atoms with van der Waals surface area (Å²) in [5.74, 6) is 0.190. The summed E-state index contributed by atoms with van der Waals surface area (Å²) in [6, 6.07) is 0. The number of hydrogen-bond donors (Lipinski definition) is 1. The predicted molar refractivity (Wildman–Crippen MR) is 79.4 cm³/mol. The Balaban J connectivity index is 1.91. The maximum absolute atomic E-state index is 12.1. The minimum absolute atomic E-state index is 0.190. The Labute approximate surface area is 124 Å². The van der Waals surface area contributed by atoms with Gasteiger partial charge in [0.25, 0.3) is 0 Å². The van der Waals surface area contributed by atoms with Crippen LogP contribution in [0.25, 0.3) is 0 Å². The van der Waals surface area contributed by atoms with Gasteiger partial charge in [-0.05, 0) is 26.7 Å². The Bertz CT molecular complexity index is 447. The van der Waals surface area contributed by atoms with E-state index in [0.717, 1.165) is 36.6 Å². The molecule has 1 amide bonds. The number of aliphatic hydroxyl groups excluding tert-OH is 1. The monoisotopic (exact) mass is 297 g/mol. The van der Waals surface area contributed by atoms with E-state index < -0.39 is 0 Å². The van der Waals surface area contributed by atoms with Crippen LogP contribution in [0.5, 0.6) is 0 Å². The SMILES string of the molecule is Cc1csc(CCN2C(=O)CCCN2CCC(C)O)n1. The number of aromatic nitrogens is 1. The van der Waals surface area contributed by atoms with Gasteiger partial charge in [-0.3, -0.25) is 9.80 Å². The van der Waals surface area contributed by atoms with Gasteiger partial charge in [-0.15, -0.1) is 11.3 Å². The minimum atomic E-state index is -0.324. The minimum Gasteiger partial charge on any atom is -0.393 e. The number of amides is 1. The first-order valence-corrected chi connectivity index (χ1v) is 8.08. The van der Waals surface area contributed by atoms with E-state index in [1.807, 2.05) is 17.3 Å². The Morgan fingerprint density at radius 1 is 1.50 bits per heavy atom. The van der Waals surface area contributed by atoms with Crippen molar-refractivity contribution < 1.29 is 9.90 Å². The van der Waals surface area contributed by atoms with E-state index >= 15 is 0 Å². The fourth-order valence-corrected chi connectivity index (χ4v) is 3.14. The highest BCUT2D eigenvalue weighted by Crippen LogP contribution is 2.16. The lowest BCUT2D eigenvalue weighted by Crippen LogP contribution is -2.51. The molecule has 20 heavy (non-hydrogen) atoms. The van der Waals surface area contributed by atoms with Crippen molar-refractivity contribution in [3.05, 3.63) is 16.1 Å². The van der Waals surface area contributed by atoms with Crippen LogP contribution in [0.4, 0.5) is 0 Å². The molecule has 0 aliphatic carbocycles. The zero-order valence-corrected chi connectivity index (χ0v) is 13.0. The van der Waals surface area contributed by atoms with E-state index in [-0.39, 0.29) is 12.0 Å². The zero-order chi connectivity index (χ0) is 14.5. The molecular weight excluding hydrogens is 274 g/mol. The molecule has 1 fully saturated rings. The third kappa shape index (κ3) is 4.26. The average Bonchev–Trinajstić information content (AvgIpc) is 2.81. The van der Waals surface area contributed by atoms with E-state index in [9.17, 15) is 9.90 Å². The van der Waals surface area contributed by atoms with Gasteiger partial charge in [0.1, 0.15) is 0 Å². The fraction of sp³-hybridized carbons (Fsp3) is 0.714. The van der Waals surface area contributed by atoms with E-state index in [2.05, 4.69) is 9.99 Å². The highest BCUT2D eigenvalue weighted by molar-refractivity contribution is 7.09. The van der Waals surface area contributed by atoms with Crippen molar-refractivity contribution in [3.63, 3.8) is 0 Å². The van der Waals surface area contributed by atoms with Crippen LogP contribution in [0.15, 0.2) is 5.38 Å². The number of rotatable bonds is 6. The summed E-state index contributed by atoms with van der Waals surface area (Å²) in [7, 11) is 0. The van der Waals surface area contributed by atoms with Gasteiger partial charge in [0.15, 0.2) is 0 Å². The number of hydrogen-bond acceptors (Lipinski definition) is 5. The molecule has 0 saturated carbocycles. The predicted octanol–water partition coefficient (Wildman–Crippen LogP) is 1.60. The second-order valence-electron chi connectivity index (χ2n) is 5.34. The van der Waals surface area contributed by atoms with Gasteiger partial charge in [-0.25, -0.2) is 9.99 Å². The molecule has 0 aromatic carbocycles. The molecule has 1 aliphatic rings. The van der Waals surface area contributed by atoms with Crippen molar-refractivity contribution in [1.29, 1.82) is 0 Å². The highest BCUT2D eigenvalue weighted by atomic mass is 32.1. The van der Waals surface area contributed by atoms with Crippen LogP contribution in [-0.2, 0) is 11.2 Å². The first kappa shape index (κ1) is 15.4. The number of carbonyl (C=O) groups excluding carboxylic acids is 1. The van der Waals surface area contributed by atoms with E-state index in [0.29, 0.717) is 19.4 Å². The molecule has 1 aromatic rings. The smallest absolute Gasteiger partial charge is 0.236 e. The van der Waals surface area contributed by atoms with Crippen molar-refractivity contribution in [2.75, 3.05) is 19.6 Å². The molecule has 6 heteroatoms. The normalized spacial score (nSPS) is 18.6. The second-order valence-corrected chi connectivity index (χ2v) is 6.29. The van der Waals surface area contributed by atoms with E-state index in [1.165, 1.54) is 0 Å². The first-order chi connectivity index (χ1) is 9.56. The van der Waals surface area contributed by atoms with Gasteiger partial charge in [0.2, 0.25) is 5.91 Å². The second kappa shape index (κ2) is 7.15. The van der Waals surface area contributed by atoms with Crippen molar-refractivity contribution in [3.8, 4) is 0 Å². The Morgan fingerprint density at radius 2 is 2.30 bits per heavy atom. The van der Waals surface area contributed by atoms with Gasteiger partial charge in [-0.2, -0.15) is 0 Å². The summed E-state index contributed by atoms with van der Waals surface area (Å²) in [4.78, 5) is 16.5. The van der Waals surface area contributed by atoms with Gasteiger partial charge >= 0.3 is 0 Å². The molecule has 2 heterocycles. The van der Waals surface area contributed by atoms with Crippen molar-refractivity contribution in [1.82, 2.24) is 15.0 Å². The molecule has 1 aromatic heterocycles. The van der Waals surface area contributed by atoms with Gasteiger partial charge in [0.05, 0.1) is 11.1 Å². The lowest BCUT2D eigenvalue weighted by molar-refractivity contribution is -0.156. The number of hydrazine groups is 1. The van der Waals surface area contributed by atoms with Crippen LogP contribution in [0, 0.1) is 6.92 Å². The maximum Gasteiger partial charge on any atom is 0.236 e. The van der Waals surface area contributed by atoms with Crippen LogP contribution >= 0.6 is 11.3 Å². The molecule has 2 rings (SSSR count). The first-order valence-electron chi connectivity index (χ1n) is 7.20. The third-order valence-corrected chi connectivity index (χ3v) is 4.47. The molecule has 1 atom stereocenters. The summed E-state index contributed by atoms with van der Waals surface area (Å²) < 4.78 is 0. The zero-order valence-electron chi connectivity index (χ0n) is 12.2. The number of aliphatic hydroxyl groups is 1. The molecule has 1 unspecified atom stereocenters. The molecule has 0 spiro atoms. The number of aryl methyl sites for hydroxylation is 1. The van der Waals surface area contributed by atoms with Crippen LogP contribution < -0.4 is 0 Å². The Morgan fingerprint density at radius 3 is 2.95 bits per heavy atom. The summed E-state index contributed by atoms with van der Waals surface area (Å²) in [6.07, 6.45) is 2.71. The molecule has 0 bridgehead atoms. The average molecular weight is 297 g/mol. The number of nitrogens with zero attached hydrogens (tertiary/aromatic N) is 3. The van der Waals surface area contributed by atoms with Gasteiger partial charge < -0.3 is 5.11 Å². The van der Waals surface area contributed by atoms with Gasteiger partial charge in [-0.1, -0.05) is 0 Å². The van der Waals surface area contributed by atoms with Gasteiger partial charge in [0, 0.05) is 43.5 Å². The summed E-state index contributed by atoms with van der Waals surface area (Å²) in [6.45, 7) is 6.09. The van der Waals surface area contributed by atoms with Crippen molar-refractivity contribution in [2.24, 2.45) is 0 Å². The van der Waals surface area contributed by atoms with Crippen LogP contribution in [0.2, 0.25) is 0 Å². The fourth-order valence-electron chi connectivity index (χ4n) is 2.37. The standard InChI is InChI=1S/C14H23N3O2S/c1-11-10-20-13(15-11)6-9-17-14(19)4-3-7-16(17)8-5-12(2)18/h10,12,18H,3-9H2,1-2H3. The summed E-state index contributed by atoms with van der Waals surface area (Å²) in [5.41, 5.74) is 1.04. The van der Waals surface area contributed by atoms with E-state index in [4.69, 9.17) is 0 Å². The third-order valence-electron chi connectivity index (χ3n) is 3.45. The lowest BCUT2D eigenvalue weighted by atomic mass is 10.2. The number of thiazole rings is 1. The summed E-state index contributed by atoms with van der Waals surface area (Å²) in [5, 5.41) is 16.5. The molecule has 1 N–H and O–H groups in total. The van der Waals surface area contributed by atoms with Crippen molar-refractivity contribution in [2.45, 2.75) is 45.6 Å². The number of carbonyl (C=O) groups is 1. The largest absolute Gasteiger partial charge is 0.393 e. The Hall–Kier alpha value is -0.980. The molecule has 112 valence electrons. The summed E-state index contributed by atoms with van der Waals surface area (Å²) >= 11 is 1.65. The molecule has 0 radical (unpaired) electrons. The topological polar surface area (TPSA) is 56.7 Å². The maximum atomic E-state index is 12.1. The quantitative estimate of drug-likeness (QED) is 0.866. The van der Waals surface area contributed by atoms with Crippen LogP contribution in [0.3, 0.4) is 0 Å². The van der Waals surface area contributed by atoms with Crippen molar-refractivity contribution >= 4 is 17.2 Å². The van der Waals surface area contributed by atoms with Crippen LogP contribution in [0.1, 0.15) is 36.9 Å². The molecule has 5 nitrogen and oxygen atoms in total. The molecule has 1 aliphatic heterocycles. The lowest BCUT2D eigenvalue weighted by Gasteiger charge is -2.38. The van der Waals surface area contributed by atoms with E-state index in [1.54, 1.807) is 18.3 Å². The highest BCUT2D eigenvalue weighted by Gasteiger charge is 2.25. The Kier molecular flexibility index (Phi) is 5.51. The molecular formula is C14H23N3O2S. The molecule has 1 saturated heterocycles.